The van der Waals surface area contributed by atoms with Crippen molar-refractivity contribution in [3.05, 3.63) is 21.0 Å². The van der Waals surface area contributed by atoms with Crippen LogP contribution in [0.3, 0.4) is 0 Å². The normalized spacial score (nSPS) is 27.3. The molecule has 1 aliphatic carbocycles. The molecule has 21 heavy (non-hydrogen) atoms. The standard InChI is InChI=1S/C15H22BrN3O2/c1-18-15(21)14(16)13(8-17-18)19-9-11(20)7-12(19)10-5-3-2-4-6-10/h8,10-12,20H,2-7,9H2,1H3. The minimum Gasteiger partial charge on any atom is -0.391 e. The van der Waals surface area contributed by atoms with E-state index in [4.69, 9.17) is 0 Å². The maximum atomic E-state index is 12.1. The Morgan fingerprint density at radius 3 is 2.76 bits per heavy atom. The zero-order chi connectivity index (χ0) is 15.0. The fourth-order valence-corrected chi connectivity index (χ4v) is 4.37. The third-order valence-corrected chi connectivity index (χ3v) is 5.63. The average molecular weight is 356 g/mol. The van der Waals surface area contributed by atoms with E-state index in [1.165, 1.54) is 36.8 Å². The van der Waals surface area contributed by atoms with Gasteiger partial charge in [0, 0.05) is 19.6 Å². The lowest BCUT2D eigenvalue weighted by Gasteiger charge is -2.35. The van der Waals surface area contributed by atoms with Gasteiger partial charge in [0.05, 0.1) is 18.0 Å². The Labute approximate surface area is 133 Å². The van der Waals surface area contributed by atoms with Crippen molar-refractivity contribution in [1.29, 1.82) is 0 Å². The van der Waals surface area contributed by atoms with Crippen LogP contribution in [-0.4, -0.2) is 33.6 Å². The van der Waals surface area contributed by atoms with Gasteiger partial charge in [-0.15, -0.1) is 0 Å². The highest BCUT2D eigenvalue weighted by Crippen LogP contribution is 2.38. The van der Waals surface area contributed by atoms with Gasteiger partial charge in [-0.2, -0.15) is 5.10 Å². The molecule has 2 heterocycles. The summed E-state index contributed by atoms with van der Waals surface area (Å²) in [5.41, 5.74) is 0.696. The van der Waals surface area contributed by atoms with Gasteiger partial charge in [0.25, 0.3) is 5.56 Å². The molecule has 0 radical (unpaired) electrons. The molecule has 1 aromatic heterocycles. The summed E-state index contributed by atoms with van der Waals surface area (Å²) in [4.78, 5) is 14.3. The van der Waals surface area contributed by atoms with Crippen molar-refractivity contribution in [2.45, 2.75) is 50.7 Å². The van der Waals surface area contributed by atoms with Gasteiger partial charge in [0.1, 0.15) is 4.47 Å². The summed E-state index contributed by atoms with van der Waals surface area (Å²) in [7, 11) is 1.65. The molecule has 1 saturated heterocycles. The van der Waals surface area contributed by atoms with Crippen LogP contribution >= 0.6 is 15.9 Å². The van der Waals surface area contributed by atoms with Gasteiger partial charge in [0.2, 0.25) is 0 Å². The predicted molar refractivity (Wildman–Crippen MR) is 85.5 cm³/mol. The molecule has 2 unspecified atom stereocenters. The smallest absolute Gasteiger partial charge is 0.282 e. The number of halogens is 1. The lowest BCUT2D eigenvalue weighted by Crippen LogP contribution is -2.38. The molecule has 1 aromatic rings. The van der Waals surface area contributed by atoms with E-state index in [0.717, 1.165) is 12.1 Å². The second kappa shape index (κ2) is 6.08. The lowest BCUT2D eigenvalue weighted by molar-refractivity contribution is 0.185. The number of aliphatic hydroxyl groups is 1. The topological polar surface area (TPSA) is 58.4 Å². The Morgan fingerprint density at radius 1 is 1.33 bits per heavy atom. The van der Waals surface area contributed by atoms with Crippen LogP contribution in [0.4, 0.5) is 5.69 Å². The van der Waals surface area contributed by atoms with Crippen LogP contribution < -0.4 is 10.5 Å². The minimum atomic E-state index is -0.312. The number of aromatic nitrogens is 2. The van der Waals surface area contributed by atoms with Gasteiger partial charge in [-0.05, 0) is 41.1 Å². The van der Waals surface area contributed by atoms with Crippen molar-refractivity contribution < 1.29 is 5.11 Å². The molecule has 1 N–H and O–H groups in total. The van der Waals surface area contributed by atoms with Crippen LogP contribution in [0.1, 0.15) is 38.5 Å². The molecule has 0 spiro atoms. The van der Waals surface area contributed by atoms with Crippen LogP contribution in [0.15, 0.2) is 15.5 Å². The number of nitrogens with zero attached hydrogens (tertiary/aromatic N) is 3. The van der Waals surface area contributed by atoms with Crippen molar-refractivity contribution in [2.24, 2.45) is 13.0 Å². The van der Waals surface area contributed by atoms with E-state index in [-0.39, 0.29) is 11.7 Å². The quantitative estimate of drug-likeness (QED) is 0.881. The van der Waals surface area contributed by atoms with Crippen LogP contribution in [0.25, 0.3) is 0 Å². The summed E-state index contributed by atoms with van der Waals surface area (Å²) in [6.45, 7) is 0.592. The third-order valence-electron chi connectivity index (χ3n) is 4.88. The van der Waals surface area contributed by atoms with Crippen molar-refractivity contribution >= 4 is 21.6 Å². The fraction of sp³-hybridized carbons (Fsp3) is 0.733. The van der Waals surface area contributed by atoms with Gasteiger partial charge >= 0.3 is 0 Å². The number of hydrogen-bond donors (Lipinski definition) is 1. The monoisotopic (exact) mass is 355 g/mol. The molecule has 0 bridgehead atoms. The Bertz CT molecular complexity index is 569. The van der Waals surface area contributed by atoms with Gasteiger partial charge < -0.3 is 10.0 Å². The predicted octanol–water partition coefficient (Wildman–Crippen LogP) is 2.06. The van der Waals surface area contributed by atoms with Crippen molar-refractivity contribution in [3.63, 3.8) is 0 Å². The molecule has 6 heteroatoms. The van der Waals surface area contributed by atoms with Crippen LogP contribution in [0.2, 0.25) is 0 Å². The van der Waals surface area contributed by atoms with Crippen LogP contribution in [0.5, 0.6) is 0 Å². The SMILES string of the molecule is Cn1ncc(N2CC(O)CC2C2CCCCC2)c(Br)c1=O. The third kappa shape index (κ3) is 2.88. The maximum absolute atomic E-state index is 12.1. The van der Waals surface area contributed by atoms with E-state index in [2.05, 4.69) is 25.9 Å². The van der Waals surface area contributed by atoms with Crippen molar-refractivity contribution in [3.8, 4) is 0 Å². The van der Waals surface area contributed by atoms with E-state index in [0.29, 0.717) is 23.0 Å². The first-order valence-corrected chi connectivity index (χ1v) is 8.53. The molecule has 0 aromatic carbocycles. The van der Waals surface area contributed by atoms with Crippen molar-refractivity contribution in [1.82, 2.24) is 9.78 Å². The highest BCUT2D eigenvalue weighted by Gasteiger charge is 2.38. The first-order chi connectivity index (χ1) is 10.1. The summed E-state index contributed by atoms with van der Waals surface area (Å²) >= 11 is 3.42. The highest BCUT2D eigenvalue weighted by molar-refractivity contribution is 9.10. The maximum Gasteiger partial charge on any atom is 0.282 e. The average Bonchev–Trinajstić information content (AvgIpc) is 2.88. The van der Waals surface area contributed by atoms with Crippen LogP contribution in [0, 0.1) is 5.92 Å². The molecular formula is C15H22BrN3O2. The van der Waals surface area contributed by atoms with Gasteiger partial charge in [-0.3, -0.25) is 4.79 Å². The van der Waals surface area contributed by atoms with Gasteiger partial charge in [-0.1, -0.05) is 19.3 Å². The van der Waals surface area contributed by atoms with E-state index >= 15 is 0 Å². The number of hydrogen-bond acceptors (Lipinski definition) is 4. The second-order valence-electron chi connectivity index (χ2n) is 6.28. The Hall–Kier alpha value is -0.880. The lowest BCUT2D eigenvalue weighted by atomic mass is 9.82. The summed E-state index contributed by atoms with van der Waals surface area (Å²) in [5.74, 6) is 0.617. The van der Waals surface area contributed by atoms with Gasteiger partial charge in [-0.25, -0.2) is 4.68 Å². The fourth-order valence-electron chi connectivity index (χ4n) is 3.79. The van der Waals surface area contributed by atoms with E-state index in [9.17, 15) is 9.90 Å². The molecule has 5 nitrogen and oxygen atoms in total. The summed E-state index contributed by atoms with van der Waals surface area (Å²) in [6.07, 6.45) is 8.55. The van der Waals surface area contributed by atoms with Crippen LogP contribution in [-0.2, 0) is 7.05 Å². The molecule has 2 atom stereocenters. The molecule has 2 fully saturated rings. The largest absolute Gasteiger partial charge is 0.391 e. The number of anilines is 1. The van der Waals surface area contributed by atoms with Crippen molar-refractivity contribution in [2.75, 3.05) is 11.4 Å². The summed E-state index contributed by atoms with van der Waals surface area (Å²) < 4.78 is 1.88. The Kier molecular flexibility index (Phi) is 4.36. The van der Waals surface area contributed by atoms with E-state index in [1.807, 2.05) is 0 Å². The number of aliphatic hydroxyl groups excluding tert-OH is 1. The zero-order valence-corrected chi connectivity index (χ0v) is 13.9. The highest BCUT2D eigenvalue weighted by atomic mass is 79.9. The van der Waals surface area contributed by atoms with E-state index < -0.39 is 0 Å². The molecule has 116 valence electrons. The Morgan fingerprint density at radius 2 is 2.05 bits per heavy atom. The Balaban J connectivity index is 1.91. The summed E-state index contributed by atoms with van der Waals surface area (Å²) in [6, 6.07) is 0.325. The van der Waals surface area contributed by atoms with E-state index in [1.54, 1.807) is 13.2 Å². The molecule has 1 aliphatic heterocycles. The molecule has 1 saturated carbocycles. The summed E-state index contributed by atoms with van der Waals surface area (Å²) in [5, 5.41) is 14.3. The molecule has 3 rings (SSSR count). The molecule has 2 aliphatic rings. The zero-order valence-electron chi connectivity index (χ0n) is 12.3. The first-order valence-electron chi connectivity index (χ1n) is 7.74. The minimum absolute atomic E-state index is 0.128. The molecular weight excluding hydrogens is 334 g/mol. The second-order valence-corrected chi connectivity index (χ2v) is 7.07. The number of rotatable bonds is 2. The first kappa shape index (κ1) is 15.0. The number of aryl methyl sites for hydroxylation is 1. The number of β-amino-alcohol motifs (C(OH)–C–C–N with tert-alkyl or cyclic N) is 1. The van der Waals surface area contributed by atoms with Gasteiger partial charge in [0.15, 0.2) is 0 Å². The molecule has 0 amide bonds.